The average molecular weight is 355 g/mol. The Labute approximate surface area is 148 Å². The first-order valence-electron chi connectivity index (χ1n) is 8.07. The lowest BCUT2D eigenvalue weighted by Gasteiger charge is -2.11. The summed E-state index contributed by atoms with van der Waals surface area (Å²) < 4.78 is 6.57. The summed E-state index contributed by atoms with van der Waals surface area (Å²) in [7, 11) is 0. The van der Waals surface area contributed by atoms with E-state index in [1.165, 1.54) is 11.3 Å². The number of amides is 1. The Balaban J connectivity index is 1.71. The molecule has 0 saturated heterocycles. The van der Waals surface area contributed by atoms with E-state index in [-0.39, 0.29) is 11.7 Å². The number of carbonyl (C=O) groups is 2. The normalized spacial score (nSPS) is 13.9. The summed E-state index contributed by atoms with van der Waals surface area (Å²) >= 11 is 1.37. The molecule has 2 heterocycles. The molecule has 1 aliphatic carbocycles. The van der Waals surface area contributed by atoms with Crippen LogP contribution in [0, 0.1) is 13.8 Å². The number of carbonyl (C=O) groups excluding carboxylic acids is 2. The summed E-state index contributed by atoms with van der Waals surface area (Å²) in [5, 5.41) is 3.38. The van der Waals surface area contributed by atoms with E-state index in [0.29, 0.717) is 46.3 Å². The number of thiazole rings is 1. The van der Waals surface area contributed by atoms with Crippen molar-refractivity contribution >= 4 is 44.1 Å². The second-order valence-electron chi connectivity index (χ2n) is 6.25. The number of aromatic nitrogens is 1. The van der Waals surface area contributed by atoms with E-state index in [4.69, 9.17) is 10.2 Å². The first-order chi connectivity index (χ1) is 11.9. The highest BCUT2D eigenvalue weighted by molar-refractivity contribution is 7.22. The zero-order valence-electron chi connectivity index (χ0n) is 13.9. The molecule has 3 N–H and O–H groups in total. The number of furan rings is 1. The fraction of sp³-hybridized carbons (Fsp3) is 0.278. The lowest BCUT2D eigenvalue weighted by atomic mass is 9.93. The Morgan fingerprint density at radius 2 is 2.12 bits per heavy atom. The van der Waals surface area contributed by atoms with Crippen molar-refractivity contribution in [2.45, 2.75) is 33.1 Å². The Kier molecular flexibility index (Phi) is 3.61. The minimum absolute atomic E-state index is 0.0230. The van der Waals surface area contributed by atoms with Gasteiger partial charge in [0.05, 0.1) is 21.3 Å². The average Bonchev–Trinajstić information content (AvgIpc) is 3.07. The Morgan fingerprint density at radius 3 is 2.92 bits per heavy atom. The van der Waals surface area contributed by atoms with Crippen molar-refractivity contribution in [1.82, 2.24) is 4.98 Å². The molecule has 2 aromatic heterocycles. The van der Waals surface area contributed by atoms with Crippen molar-refractivity contribution in [3.8, 4) is 0 Å². The molecule has 0 spiro atoms. The quantitative estimate of drug-likeness (QED) is 0.727. The van der Waals surface area contributed by atoms with Gasteiger partial charge < -0.3 is 15.5 Å². The molecule has 3 aromatic rings. The van der Waals surface area contributed by atoms with Crippen molar-refractivity contribution in [2.75, 3.05) is 11.1 Å². The van der Waals surface area contributed by atoms with Crippen LogP contribution in [0.5, 0.6) is 0 Å². The molecule has 7 heteroatoms. The zero-order chi connectivity index (χ0) is 17.7. The number of aryl methyl sites for hydroxylation is 3. The van der Waals surface area contributed by atoms with Gasteiger partial charge >= 0.3 is 0 Å². The Bertz CT molecular complexity index is 1030. The fourth-order valence-corrected chi connectivity index (χ4v) is 4.21. The smallest absolute Gasteiger partial charge is 0.259 e. The van der Waals surface area contributed by atoms with Gasteiger partial charge in [0.15, 0.2) is 10.9 Å². The van der Waals surface area contributed by atoms with E-state index in [9.17, 15) is 9.59 Å². The van der Waals surface area contributed by atoms with Crippen molar-refractivity contribution < 1.29 is 14.0 Å². The summed E-state index contributed by atoms with van der Waals surface area (Å²) in [6.07, 6.45) is 1.92. The number of Topliss-reactive ketones (excluding diaryl/α,β-unsaturated/α-hetero) is 1. The van der Waals surface area contributed by atoms with Gasteiger partial charge in [-0.3, -0.25) is 9.59 Å². The molecule has 0 saturated carbocycles. The molecule has 0 atom stereocenters. The maximum absolute atomic E-state index is 12.8. The Morgan fingerprint density at radius 1 is 1.32 bits per heavy atom. The molecule has 1 aromatic carbocycles. The number of anilines is 2. The van der Waals surface area contributed by atoms with Gasteiger partial charge in [-0.05, 0) is 38.0 Å². The van der Waals surface area contributed by atoms with Crippen molar-refractivity contribution in [1.29, 1.82) is 0 Å². The van der Waals surface area contributed by atoms with Gasteiger partial charge in [0, 0.05) is 18.5 Å². The van der Waals surface area contributed by atoms with E-state index in [2.05, 4.69) is 10.3 Å². The van der Waals surface area contributed by atoms with Crippen LogP contribution in [-0.4, -0.2) is 16.7 Å². The number of benzene rings is 1. The molecule has 0 unspecified atom stereocenters. The van der Waals surface area contributed by atoms with E-state index in [0.717, 1.165) is 22.2 Å². The van der Waals surface area contributed by atoms with Gasteiger partial charge in [0.2, 0.25) is 0 Å². The number of ketones is 1. The predicted molar refractivity (Wildman–Crippen MR) is 97.4 cm³/mol. The molecule has 0 fully saturated rings. The molecular formula is C18H17N3O3S. The number of rotatable bonds is 2. The molecule has 4 rings (SSSR count). The second-order valence-corrected chi connectivity index (χ2v) is 7.32. The van der Waals surface area contributed by atoms with Crippen LogP contribution < -0.4 is 11.1 Å². The van der Waals surface area contributed by atoms with Crippen LogP contribution in [0.3, 0.4) is 0 Å². The molecule has 0 aliphatic heterocycles. The number of nitrogen functional groups attached to an aromatic ring is 1. The lowest BCUT2D eigenvalue weighted by Crippen LogP contribution is -2.18. The third kappa shape index (κ3) is 2.60. The molecule has 0 bridgehead atoms. The number of hydrogen-bond acceptors (Lipinski definition) is 6. The molecular weight excluding hydrogens is 338 g/mol. The van der Waals surface area contributed by atoms with Crippen molar-refractivity contribution in [3.63, 3.8) is 0 Å². The monoisotopic (exact) mass is 355 g/mol. The van der Waals surface area contributed by atoms with Gasteiger partial charge in [-0.1, -0.05) is 11.3 Å². The van der Waals surface area contributed by atoms with E-state index < -0.39 is 0 Å². The van der Waals surface area contributed by atoms with Gasteiger partial charge in [0.1, 0.15) is 11.5 Å². The minimum atomic E-state index is -0.325. The highest BCUT2D eigenvalue weighted by Crippen LogP contribution is 2.32. The number of nitrogens with one attached hydrogen (secondary N) is 1. The van der Waals surface area contributed by atoms with Crippen LogP contribution in [0.4, 0.5) is 10.8 Å². The third-order valence-corrected chi connectivity index (χ3v) is 5.26. The van der Waals surface area contributed by atoms with Crippen LogP contribution in [-0.2, 0) is 6.42 Å². The topological polar surface area (TPSA) is 98.2 Å². The molecule has 1 aliphatic rings. The van der Waals surface area contributed by atoms with Crippen LogP contribution in [0.15, 0.2) is 16.5 Å². The lowest BCUT2D eigenvalue weighted by molar-refractivity contribution is 0.0955. The highest BCUT2D eigenvalue weighted by atomic mass is 32.1. The maximum atomic E-state index is 12.8. The summed E-state index contributed by atoms with van der Waals surface area (Å²) in [6, 6.07) is 3.70. The van der Waals surface area contributed by atoms with Gasteiger partial charge in [-0.15, -0.1) is 0 Å². The maximum Gasteiger partial charge on any atom is 0.259 e. The second kappa shape index (κ2) is 5.70. The first-order valence-corrected chi connectivity index (χ1v) is 8.89. The molecule has 128 valence electrons. The van der Waals surface area contributed by atoms with Crippen molar-refractivity contribution in [3.05, 3.63) is 40.3 Å². The Hall–Kier alpha value is -2.67. The standard InChI is InChI=1S/C18H17N3O3S/c1-8-6-10(7-13-16(8)21-18(19)25-13)20-17(23)14-9(2)24-12-5-3-4-11(22)15(12)14/h6-7H,3-5H2,1-2H3,(H2,19,21)(H,20,23). The SMILES string of the molecule is Cc1oc2c(c1C(=O)Nc1cc(C)c3nc(N)sc3c1)C(=O)CCC2. The predicted octanol–water partition coefficient (Wildman–Crippen LogP) is 3.86. The summed E-state index contributed by atoms with van der Waals surface area (Å²) in [5.41, 5.74) is 8.99. The number of fused-ring (bicyclic) bond motifs is 2. The number of hydrogen-bond donors (Lipinski definition) is 2. The van der Waals surface area contributed by atoms with Crippen LogP contribution in [0.25, 0.3) is 10.2 Å². The summed E-state index contributed by atoms with van der Waals surface area (Å²) in [4.78, 5) is 29.3. The zero-order valence-corrected chi connectivity index (χ0v) is 14.8. The molecule has 25 heavy (non-hydrogen) atoms. The summed E-state index contributed by atoms with van der Waals surface area (Å²) in [5.74, 6) is 0.762. The first kappa shape index (κ1) is 15.8. The number of nitrogens with two attached hydrogens (primary N) is 1. The van der Waals surface area contributed by atoms with Crippen LogP contribution in [0.1, 0.15) is 50.6 Å². The van der Waals surface area contributed by atoms with Gasteiger partial charge in [-0.2, -0.15) is 0 Å². The van der Waals surface area contributed by atoms with Gasteiger partial charge in [0.25, 0.3) is 5.91 Å². The fourth-order valence-electron chi connectivity index (χ4n) is 3.36. The van der Waals surface area contributed by atoms with Crippen LogP contribution >= 0.6 is 11.3 Å². The third-order valence-electron chi connectivity index (χ3n) is 4.43. The van der Waals surface area contributed by atoms with Crippen LogP contribution in [0.2, 0.25) is 0 Å². The van der Waals surface area contributed by atoms with Crippen molar-refractivity contribution in [2.24, 2.45) is 0 Å². The number of nitrogens with zero attached hydrogens (tertiary/aromatic N) is 1. The largest absolute Gasteiger partial charge is 0.465 e. The molecule has 0 radical (unpaired) electrons. The highest BCUT2D eigenvalue weighted by Gasteiger charge is 2.30. The molecule has 6 nitrogen and oxygen atoms in total. The van der Waals surface area contributed by atoms with E-state index in [1.807, 2.05) is 19.1 Å². The minimum Gasteiger partial charge on any atom is -0.465 e. The van der Waals surface area contributed by atoms with E-state index in [1.54, 1.807) is 6.92 Å². The van der Waals surface area contributed by atoms with Gasteiger partial charge in [-0.25, -0.2) is 4.98 Å². The van der Waals surface area contributed by atoms with E-state index >= 15 is 0 Å². The summed E-state index contributed by atoms with van der Waals surface area (Å²) in [6.45, 7) is 3.64. The molecule has 1 amide bonds.